The Labute approximate surface area is 183 Å². The van der Waals surface area contributed by atoms with Crippen LogP contribution in [0.25, 0.3) is 11.4 Å². The minimum absolute atomic E-state index is 0.268. The van der Waals surface area contributed by atoms with E-state index in [1.807, 2.05) is 19.9 Å². The lowest BCUT2D eigenvalue weighted by atomic mass is 9.81. The second kappa shape index (κ2) is 12.0. The number of ether oxygens (including phenoxy) is 1. The predicted molar refractivity (Wildman–Crippen MR) is 126 cm³/mol. The van der Waals surface area contributed by atoms with Crippen molar-refractivity contribution in [3.63, 3.8) is 0 Å². The molecular formula is C23H33N5O3. The second-order valence-electron chi connectivity index (χ2n) is 7.56. The lowest BCUT2D eigenvalue weighted by Gasteiger charge is -2.25. The number of rotatable bonds is 9. The van der Waals surface area contributed by atoms with Gasteiger partial charge in [-0.1, -0.05) is 43.9 Å². The molecule has 0 saturated heterocycles. The van der Waals surface area contributed by atoms with Crippen LogP contribution < -0.4 is 15.6 Å². The minimum Gasteiger partial charge on any atom is -0.493 e. The molecule has 1 heterocycles. The van der Waals surface area contributed by atoms with Gasteiger partial charge in [0.05, 0.1) is 24.9 Å². The maximum absolute atomic E-state index is 12.7. The van der Waals surface area contributed by atoms with Gasteiger partial charge < -0.3 is 20.4 Å². The molecule has 0 unspecified atom stereocenters. The molecule has 0 atom stereocenters. The average molecular weight is 428 g/mol. The summed E-state index contributed by atoms with van der Waals surface area (Å²) in [6, 6.07) is 6.15. The third-order valence-corrected chi connectivity index (χ3v) is 5.30. The summed E-state index contributed by atoms with van der Waals surface area (Å²) in [5.41, 5.74) is 2.86. The Morgan fingerprint density at radius 3 is 2.61 bits per heavy atom. The Bertz CT molecular complexity index is 951. The monoisotopic (exact) mass is 427 g/mol. The molecule has 168 valence electrons. The second-order valence-corrected chi connectivity index (χ2v) is 7.56. The van der Waals surface area contributed by atoms with Crippen LogP contribution in [0.4, 0.5) is 5.69 Å². The highest BCUT2D eigenvalue weighted by Gasteiger charge is 2.20. The number of nitrogens with zero attached hydrogens (tertiary/aromatic N) is 2. The quantitative estimate of drug-likeness (QED) is 0.393. The van der Waals surface area contributed by atoms with Crippen molar-refractivity contribution in [2.45, 2.75) is 52.4 Å². The van der Waals surface area contributed by atoms with Crippen LogP contribution in [0.15, 0.2) is 28.2 Å². The largest absolute Gasteiger partial charge is 0.493 e. The molecule has 8 heteroatoms. The Morgan fingerprint density at radius 2 is 2.06 bits per heavy atom. The third kappa shape index (κ3) is 6.23. The first kappa shape index (κ1) is 24.2. The summed E-state index contributed by atoms with van der Waals surface area (Å²) in [6.45, 7) is 4.49. The number of H-pyrrole nitrogens is 1. The number of anilines is 1. The van der Waals surface area contributed by atoms with Crippen molar-refractivity contribution in [1.29, 1.82) is 5.41 Å². The summed E-state index contributed by atoms with van der Waals surface area (Å²) in [5, 5.41) is 13.5. The van der Waals surface area contributed by atoms with Crippen molar-refractivity contribution in [2.75, 3.05) is 26.0 Å². The van der Waals surface area contributed by atoms with Crippen LogP contribution in [0, 0.1) is 16.2 Å². The van der Waals surface area contributed by atoms with Crippen LogP contribution in [0.5, 0.6) is 5.75 Å². The summed E-state index contributed by atoms with van der Waals surface area (Å²) < 4.78 is 5.80. The van der Waals surface area contributed by atoms with Crippen LogP contribution in [-0.2, 0) is 6.42 Å². The van der Waals surface area contributed by atoms with E-state index in [0.29, 0.717) is 41.7 Å². The molecule has 1 aromatic heterocycles. The summed E-state index contributed by atoms with van der Waals surface area (Å²) in [7, 11) is 2.87. The minimum atomic E-state index is -0.268. The van der Waals surface area contributed by atoms with E-state index in [0.717, 1.165) is 24.3 Å². The number of hydrogen-bond acceptors (Lipinski definition) is 7. The number of aromatic nitrogens is 2. The predicted octanol–water partition coefficient (Wildman–Crippen LogP) is 4.77. The molecule has 1 aliphatic rings. The SMILES string of the molecule is CCCC(=N)c1nc(-c2cc(CC3CCC3)ccc2OCC)[nH]c(=O)c1NC.CN=O. The van der Waals surface area contributed by atoms with E-state index >= 15 is 0 Å². The fraction of sp³-hybridized carbons (Fsp3) is 0.522. The van der Waals surface area contributed by atoms with E-state index in [4.69, 9.17) is 15.1 Å². The van der Waals surface area contributed by atoms with Gasteiger partial charge in [0.15, 0.2) is 0 Å². The van der Waals surface area contributed by atoms with Crippen molar-refractivity contribution in [3.8, 4) is 17.1 Å². The van der Waals surface area contributed by atoms with E-state index in [9.17, 15) is 4.79 Å². The molecule has 0 amide bonds. The first-order valence-electron chi connectivity index (χ1n) is 10.9. The fourth-order valence-corrected chi connectivity index (χ4v) is 3.62. The van der Waals surface area contributed by atoms with Crippen LogP contribution in [0.2, 0.25) is 0 Å². The van der Waals surface area contributed by atoms with Crippen molar-refractivity contribution in [3.05, 3.63) is 44.7 Å². The zero-order chi connectivity index (χ0) is 22.8. The van der Waals surface area contributed by atoms with Gasteiger partial charge in [0, 0.05) is 7.05 Å². The van der Waals surface area contributed by atoms with Crippen molar-refractivity contribution in [1.82, 2.24) is 9.97 Å². The fourth-order valence-electron chi connectivity index (χ4n) is 3.62. The van der Waals surface area contributed by atoms with Crippen LogP contribution in [0.1, 0.15) is 57.2 Å². The van der Waals surface area contributed by atoms with Gasteiger partial charge in [-0.15, -0.1) is 0 Å². The Kier molecular flexibility index (Phi) is 9.37. The molecule has 0 bridgehead atoms. The molecule has 3 rings (SSSR count). The molecule has 8 nitrogen and oxygen atoms in total. The molecule has 0 spiro atoms. The Morgan fingerprint density at radius 1 is 1.35 bits per heavy atom. The molecule has 2 aromatic rings. The third-order valence-electron chi connectivity index (χ3n) is 5.30. The average Bonchev–Trinajstić information content (AvgIpc) is 2.72. The summed E-state index contributed by atoms with van der Waals surface area (Å²) in [5.74, 6) is 1.91. The smallest absolute Gasteiger partial charge is 0.275 e. The summed E-state index contributed by atoms with van der Waals surface area (Å²) >= 11 is 0. The van der Waals surface area contributed by atoms with Gasteiger partial charge in [-0.25, -0.2) is 4.98 Å². The van der Waals surface area contributed by atoms with Gasteiger partial charge >= 0.3 is 0 Å². The van der Waals surface area contributed by atoms with E-state index in [1.54, 1.807) is 7.05 Å². The first-order chi connectivity index (χ1) is 15.0. The van der Waals surface area contributed by atoms with E-state index in [2.05, 4.69) is 32.6 Å². The molecule has 31 heavy (non-hydrogen) atoms. The lowest BCUT2D eigenvalue weighted by molar-refractivity contribution is 0.314. The molecule has 0 radical (unpaired) electrons. The van der Waals surface area contributed by atoms with Gasteiger partial charge in [0.1, 0.15) is 23.0 Å². The molecule has 1 aliphatic carbocycles. The van der Waals surface area contributed by atoms with Crippen LogP contribution in [0.3, 0.4) is 0 Å². The molecular weight excluding hydrogens is 394 g/mol. The van der Waals surface area contributed by atoms with Gasteiger partial charge in [-0.3, -0.25) is 4.79 Å². The highest BCUT2D eigenvalue weighted by molar-refractivity contribution is 6.01. The van der Waals surface area contributed by atoms with Gasteiger partial charge in [0.25, 0.3) is 5.56 Å². The van der Waals surface area contributed by atoms with Gasteiger partial charge in [-0.2, -0.15) is 4.91 Å². The lowest BCUT2D eigenvalue weighted by Crippen LogP contribution is -2.20. The molecule has 1 saturated carbocycles. The van der Waals surface area contributed by atoms with Crippen molar-refractivity contribution >= 4 is 11.4 Å². The maximum Gasteiger partial charge on any atom is 0.275 e. The molecule has 0 aliphatic heterocycles. The summed E-state index contributed by atoms with van der Waals surface area (Å²) in [6.07, 6.45) is 6.33. The number of nitroso groups, excluding NO2 is 1. The van der Waals surface area contributed by atoms with Crippen LogP contribution >= 0.6 is 0 Å². The number of hydrogen-bond donors (Lipinski definition) is 3. The molecule has 1 aromatic carbocycles. The normalized spacial score (nSPS) is 12.9. The molecule has 3 N–H and O–H groups in total. The van der Waals surface area contributed by atoms with E-state index in [-0.39, 0.29) is 5.56 Å². The zero-order valence-corrected chi connectivity index (χ0v) is 18.9. The van der Waals surface area contributed by atoms with E-state index < -0.39 is 0 Å². The van der Waals surface area contributed by atoms with Gasteiger partial charge in [0.2, 0.25) is 0 Å². The van der Waals surface area contributed by atoms with Crippen molar-refractivity contribution < 1.29 is 4.74 Å². The maximum atomic E-state index is 12.7. The highest BCUT2D eigenvalue weighted by atomic mass is 16.5. The first-order valence-corrected chi connectivity index (χ1v) is 10.9. The van der Waals surface area contributed by atoms with Crippen LogP contribution in [-0.4, -0.2) is 36.4 Å². The zero-order valence-electron chi connectivity index (χ0n) is 18.9. The van der Waals surface area contributed by atoms with Gasteiger partial charge in [-0.05, 0) is 43.4 Å². The Hall–Kier alpha value is -3.03. The standard InChI is InChI=1S/C22H30N4O2.CH3NO/c1-4-7-17(23)19-20(24-3)22(27)26-21(25-19)16-13-15(12-14-8-6-9-14)10-11-18(16)28-5-2;1-2-3/h10-11,13-14,23-24H,4-9,12H2,1-3H3,(H,25,26,27);1H3. The number of aromatic amines is 1. The molecule has 1 fully saturated rings. The topological polar surface area (TPSA) is 120 Å². The van der Waals surface area contributed by atoms with Crippen molar-refractivity contribution in [2.24, 2.45) is 11.1 Å². The van der Waals surface area contributed by atoms with E-state index in [1.165, 1.54) is 31.9 Å². The number of nitrogens with one attached hydrogen (secondary N) is 3. The highest BCUT2D eigenvalue weighted by Crippen LogP contribution is 2.34. The number of benzene rings is 1. The Balaban J connectivity index is 0.00000107. The summed E-state index contributed by atoms with van der Waals surface area (Å²) in [4.78, 5) is 28.8.